The maximum absolute atomic E-state index is 9.34. The lowest BCUT2D eigenvalue weighted by Crippen LogP contribution is -2.21. The molecule has 6 nitrogen and oxygen atoms in total. The predicted octanol–water partition coefficient (Wildman–Crippen LogP) is 2.92. The quantitative estimate of drug-likeness (QED) is 0.339. The molecule has 0 spiro atoms. The Hall–Kier alpha value is -3.54. The number of nitrogen functional groups attached to an aromatic ring is 1. The minimum atomic E-state index is 0.183. The first kappa shape index (κ1) is 15.4. The molecule has 2 aromatic carbocycles. The first-order valence-electron chi connectivity index (χ1n) is 7.30. The van der Waals surface area contributed by atoms with E-state index in [1.165, 1.54) is 0 Å². The zero-order chi connectivity index (χ0) is 17.1. The molecule has 120 valence electrons. The molecule has 0 atom stereocenters. The molecule has 0 bridgehead atoms. The molecule has 6 heteroatoms. The summed E-state index contributed by atoms with van der Waals surface area (Å²) in [6, 6.07) is 13.7. The van der Waals surface area contributed by atoms with E-state index in [4.69, 9.17) is 16.9 Å². The Labute approximate surface area is 139 Å². The van der Waals surface area contributed by atoms with E-state index in [1.54, 1.807) is 60.7 Å². The van der Waals surface area contributed by atoms with Gasteiger partial charge in [0, 0.05) is 11.4 Å². The van der Waals surface area contributed by atoms with Gasteiger partial charge in [-0.3, -0.25) is 5.41 Å². The zero-order valence-corrected chi connectivity index (χ0v) is 12.8. The number of rotatable bonds is 3. The number of nitrogens with zero attached hydrogens (tertiary/aromatic N) is 1. The average Bonchev–Trinajstić information content (AvgIpc) is 2.56. The summed E-state index contributed by atoms with van der Waals surface area (Å²) in [7, 11) is 0. The van der Waals surface area contributed by atoms with Crippen LogP contribution in [0.4, 0.5) is 17.1 Å². The Balaban J connectivity index is 1.90. The van der Waals surface area contributed by atoms with Gasteiger partial charge in [0.25, 0.3) is 0 Å². The molecule has 0 saturated carbocycles. The molecule has 0 radical (unpaired) electrons. The van der Waals surface area contributed by atoms with Crippen molar-refractivity contribution in [3.05, 3.63) is 72.1 Å². The Morgan fingerprint density at radius 3 is 2.25 bits per heavy atom. The standard InChI is InChI=1S/C18H17N5O/c19-11-1-3-12(4-2-11)22-17-10-18(16(21)9-15(17)20)23-13-5-7-14(24)8-6-13/h1-10,21,23-24H,19-20H2/b21-16?,22-17+. The van der Waals surface area contributed by atoms with Gasteiger partial charge in [-0.15, -0.1) is 0 Å². The first-order valence-corrected chi connectivity index (χ1v) is 7.30. The Kier molecular flexibility index (Phi) is 4.03. The van der Waals surface area contributed by atoms with Gasteiger partial charge >= 0.3 is 0 Å². The molecule has 1 aliphatic carbocycles. The van der Waals surface area contributed by atoms with Gasteiger partial charge in [0.2, 0.25) is 0 Å². The van der Waals surface area contributed by atoms with Gasteiger partial charge in [0.1, 0.15) is 5.75 Å². The van der Waals surface area contributed by atoms with Crippen molar-refractivity contribution in [2.24, 2.45) is 10.7 Å². The first-order chi connectivity index (χ1) is 11.5. The number of anilines is 2. The summed E-state index contributed by atoms with van der Waals surface area (Å²) in [5, 5.41) is 20.5. The Bertz CT molecular complexity index is 861. The fraction of sp³-hybridized carbons (Fsp3) is 0. The van der Waals surface area contributed by atoms with Crippen molar-refractivity contribution in [2.75, 3.05) is 11.1 Å². The molecule has 0 aliphatic heterocycles. The summed E-state index contributed by atoms with van der Waals surface area (Å²) in [5.41, 5.74) is 15.6. The fourth-order valence-electron chi connectivity index (χ4n) is 2.19. The number of allylic oxidation sites excluding steroid dienone is 2. The van der Waals surface area contributed by atoms with Crippen LogP contribution in [0.25, 0.3) is 0 Å². The van der Waals surface area contributed by atoms with E-state index in [-0.39, 0.29) is 11.5 Å². The van der Waals surface area contributed by atoms with Crippen molar-refractivity contribution >= 4 is 28.5 Å². The number of phenols is 1. The van der Waals surface area contributed by atoms with E-state index < -0.39 is 0 Å². The molecule has 0 fully saturated rings. The highest BCUT2D eigenvalue weighted by Gasteiger charge is 2.14. The van der Waals surface area contributed by atoms with Gasteiger partial charge in [-0.2, -0.15) is 0 Å². The molecule has 2 aromatic rings. The third-order valence-corrected chi connectivity index (χ3v) is 3.46. The van der Waals surface area contributed by atoms with Crippen LogP contribution in [-0.2, 0) is 0 Å². The minimum absolute atomic E-state index is 0.183. The molecular formula is C18H17N5O. The van der Waals surface area contributed by atoms with Gasteiger partial charge in [0.05, 0.1) is 28.5 Å². The van der Waals surface area contributed by atoms with Gasteiger partial charge < -0.3 is 21.9 Å². The minimum Gasteiger partial charge on any atom is -0.508 e. The summed E-state index contributed by atoms with van der Waals surface area (Å²) in [6.07, 6.45) is 3.28. The van der Waals surface area contributed by atoms with Crippen LogP contribution >= 0.6 is 0 Å². The van der Waals surface area contributed by atoms with Crippen molar-refractivity contribution in [1.82, 2.24) is 0 Å². The van der Waals surface area contributed by atoms with Crippen LogP contribution in [0.15, 0.2) is 77.1 Å². The second-order valence-electron chi connectivity index (χ2n) is 5.33. The van der Waals surface area contributed by atoms with E-state index in [0.717, 1.165) is 11.4 Å². The maximum Gasteiger partial charge on any atom is 0.115 e. The number of nitrogens with one attached hydrogen (secondary N) is 2. The molecule has 0 amide bonds. The normalized spacial score (nSPS) is 15.8. The lowest BCUT2D eigenvalue weighted by Gasteiger charge is -2.16. The molecule has 0 unspecified atom stereocenters. The maximum atomic E-state index is 9.34. The number of benzene rings is 2. The van der Waals surface area contributed by atoms with E-state index in [0.29, 0.717) is 22.8 Å². The average molecular weight is 319 g/mol. The molecule has 24 heavy (non-hydrogen) atoms. The monoisotopic (exact) mass is 319 g/mol. The summed E-state index contributed by atoms with van der Waals surface area (Å²) < 4.78 is 0. The van der Waals surface area contributed by atoms with Crippen LogP contribution in [0.1, 0.15) is 0 Å². The summed E-state index contributed by atoms with van der Waals surface area (Å²) >= 11 is 0. The molecule has 0 saturated heterocycles. The molecule has 3 rings (SSSR count). The van der Waals surface area contributed by atoms with Crippen LogP contribution in [0.3, 0.4) is 0 Å². The number of nitrogens with two attached hydrogens (primary N) is 2. The topological polar surface area (TPSA) is 121 Å². The van der Waals surface area contributed by atoms with Gasteiger partial charge in [-0.1, -0.05) is 0 Å². The van der Waals surface area contributed by atoms with E-state index >= 15 is 0 Å². The number of hydrogen-bond donors (Lipinski definition) is 5. The molecule has 0 heterocycles. The highest BCUT2D eigenvalue weighted by molar-refractivity contribution is 6.23. The van der Waals surface area contributed by atoms with Gasteiger partial charge in [0.15, 0.2) is 0 Å². The van der Waals surface area contributed by atoms with Crippen molar-refractivity contribution in [2.45, 2.75) is 0 Å². The highest BCUT2D eigenvalue weighted by atomic mass is 16.3. The van der Waals surface area contributed by atoms with Crippen molar-refractivity contribution in [1.29, 1.82) is 5.41 Å². The molecule has 0 aromatic heterocycles. The largest absolute Gasteiger partial charge is 0.508 e. The lowest BCUT2D eigenvalue weighted by atomic mass is 10.0. The number of aliphatic imine (C=N–C) groups is 1. The smallest absolute Gasteiger partial charge is 0.115 e. The van der Waals surface area contributed by atoms with Gasteiger partial charge in [-0.25, -0.2) is 4.99 Å². The Morgan fingerprint density at radius 1 is 0.917 bits per heavy atom. The van der Waals surface area contributed by atoms with Crippen LogP contribution in [0.2, 0.25) is 0 Å². The van der Waals surface area contributed by atoms with Gasteiger partial charge in [-0.05, 0) is 60.7 Å². The van der Waals surface area contributed by atoms with E-state index in [9.17, 15) is 5.11 Å². The van der Waals surface area contributed by atoms with Crippen LogP contribution in [0, 0.1) is 5.41 Å². The fourth-order valence-corrected chi connectivity index (χ4v) is 2.19. The highest BCUT2D eigenvalue weighted by Crippen LogP contribution is 2.20. The third kappa shape index (κ3) is 3.44. The lowest BCUT2D eigenvalue weighted by molar-refractivity contribution is 0.475. The SMILES string of the molecule is N=C1C=C(N)/C(=N/c2ccc(N)cc2)C=C1Nc1ccc(O)cc1. The summed E-state index contributed by atoms with van der Waals surface area (Å²) in [5.74, 6) is 0.183. The van der Waals surface area contributed by atoms with Crippen molar-refractivity contribution < 1.29 is 5.11 Å². The van der Waals surface area contributed by atoms with Crippen LogP contribution in [-0.4, -0.2) is 16.5 Å². The summed E-state index contributed by atoms with van der Waals surface area (Å²) in [6.45, 7) is 0. The second kappa shape index (κ2) is 6.29. The van der Waals surface area contributed by atoms with Crippen LogP contribution in [0.5, 0.6) is 5.75 Å². The summed E-state index contributed by atoms with van der Waals surface area (Å²) in [4.78, 5) is 4.50. The van der Waals surface area contributed by atoms with E-state index in [2.05, 4.69) is 10.3 Å². The molecular weight excluding hydrogens is 302 g/mol. The predicted molar refractivity (Wildman–Crippen MR) is 97.8 cm³/mol. The second-order valence-corrected chi connectivity index (χ2v) is 5.33. The number of hydrogen-bond acceptors (Lipinski definition) is 6. The number of phenolic OH excluding ortho intramolecular Hbond substituents is 1. The zero-order valence-electron chi connectivity index (χ0n) is 12.8. The third-order valence-electron chi connectivity index (χ3n) is 3.46. The molecule has 7 N–H and O–H groups in total. The van der Waals surface area contributed by atoms with E-state index in [1.807, 2.05) is 0 Å². The Morgan fingerprint density at radius 2 is 1.58 bits per heavy atom. The van der Waals surface area contributed by atoms with Crippen LogP contribution < -0.4 is 16.8 Å². The van der Waals surface area contributed by atoms with Crippen molar-refractivity contribution in [3.8, 4) is 5.75 Å². The van der Waals surface area contributed by atoms with Crippen molar-refractivity contribution in [3.63, 3.8) is 0 Å². The molecule has 1 aliphatic rings. The number of aromatic hydroxyl groups is 1.